The summed E-state index contributed by atoms with van der Waals surface area (Å²) in [7, 11) is 0. The average molecular weight is 281 g/mol. The molecular formula is C14H23N3O3. The number of nitrogens with two attached hydrogens (primary N) is 1. The molecule has 0 atom stereocenters. The zero-order valence-electron chi connectivity index (χ0n) is 11.8. The van der Waals surface area contributed by atoms with Gasteiger partial charge in [-0.3, -0.25) is 0 Å². The van der Waals surface area contributed by atoms with E-state index in [0.717, 1.165) is 6.42 Å². The van der Waals surface area contributed by atoms with Gasteiger partial charge in [0.25, 0.3) is 0 Å². The van der Waals surface area contributed by atoms with Crippen LogP contribution in [0.4, 0.5) is 0 Å². The molecule has 0 aliphatic heterocycles. The van der Waals surface area contributed by atoms with Gasteiger partial charge in [0.05, 0.1) is 70.2 Å². The summed E-state index contributed by atoms with van der Waals surface area (Å²) < 4.78 is 16.2. The van der Waals surface area contributed by atoms with E-state index in [1.807, 2.05) is 12.1 Å². The zero-order chi connectivity index (χ0) is 15.1. The minimum absolute atomic E-state index is 0.245. The molecule has 0 unspecified atom stereocenters. The molecule has 2 N–H and O–H groups in total. The van der Waals surface area contributed by atoms with Gasteiger partial charge < -0.3 is 19.9 Å². The molecule has 0 aliphatic carbocycles. The second-order valence-corrected chi connectivity index (χ2v) is 4.41. The van der Waals surface area contributed by atoms with E-state index in [4.69, 9.17) is 30.5 Å². The van der Waals surface area contributed by atoms with Crippen LogP contribution in [0.2, 0.25) is 0 Å². The van der Waals surface area contributed by atoms with Crippen molar-refractivity contribution in [3.8, 4) is 12.1 Å². The van der Waals surface area contributed by atoms with Crippen molar-refractivity contribution < 1.29 is 14.2 Å². The van der Waals surface area contributed by atoms with Gasteiger partial charge in [0, 0.05) is 0 Å². The monoisotopic (exact) mass is 281 g/mol. The Labute approximate surface area is 120 Å². The molecule has 0 fully saturated rings. The van der Waals surface area contributed by atoms with Crippen LogP contribution in [-0.2, 0) is 14.2 Å². The fraction of sp³-hybridized carbons (Fsp3) is 0.714. The normalized spacial score (nSPS) is 10.8. The van der Waals surface area contributed by atoms with E-state index in [2.05, 4.69) is 6.58 Å². The van der Waals surface area contributed by atoms with Gasteiger partial charge in [-0.2, -0.15) is 10.5 Å². The summed E-state index contributed by atoms with van der Waals surface area (Å²) in [6, 6.07) is 4.00. The highest BCUT2D eigenvalue weighted by atomic mass is 16.5. The van der Waals surface area contributed by atoms with Crippen molar-refractivity contribution in [2.45, 2.75) is 24.8 Å². The highest BCUT2D eigenvalue weighted by Gasteiger charge is 2.26. The van der Waals surface area contributed by atoms with E-state index in [1.165, 1.54) is 0 Å². The number of hydrogen-bond donors (Lipinski definition) is 1. The first-order chi connectivity index (χ1) is 9.68. The largest absolute Gasteiger partial charge is 0.379 e. The van der Waals surface area contributed by atoms with Crippen molar-refractivity contribution in [3.63, 3.8) is 0 Å². The Balaban J connectivity index is 4.09. The molecule has 0 amide bonds. The Kier molecular flexibility index (Phi) is 11.7. The number of nitrogens with zero attached hydrogens (tertiary/aromatic N) is 2. The molecule has 0 saturated carbocycles. The number of ether oxygens (including phenoxy) is 3. The van der Waals surface area contributed by atoms with Gasteiger partial charge in [0.15, 0.2) is 0 Å². The predicted molar refractivity (Wildman–Crippen MR) is 74.6 cm³/mol. The predicted octanol–water partition coefficient (Wildman–Crippen LogP) is 1.14. The Morgan fingerprint density at radius 2 is 1.40 bits per heavy atom. The maximum Gasteiger partial charge on any atom is 0.0865 e. The van der Waals surface area contributed by atoms with E-state index in [9.17, 15) is 0 Å². The number of rotatable bonds is 13. The van der Waals surface area contributed by atoms with Crippen LogP contribution in [0.3, 0.4) is 0 Å². The standard InChI is InChI=1S/C14H23N3O3/c1-2-3-8-18-11-14(17,12-19-9-4-6-15)13-20-10-5-7-16/h2H,1,3-5,8-13,17H2. The Hall–Kier alpha value is -1.44. The Bertz CT molecular complexity index is 312. The molecule has 0 aromatic carbocycles. The van der Waals surface area contributed by atoms with Gasteiger partial charge in [-0.15, -0.1) is 6.58 Å². The second kappa shape index (κ2) is 12.6. The van der Waals surface area contributed by atoms with Gasteiger partial charge in [0.2, 0.25) is 0 Å². The molecule has 6 nitrogen and oxygen atoms in total. The van der Waals surface area contributed by atoms with Crippen molar-refractivity contribution in [2.75, 3.05) is 39.6 Å². The summed E-state index contributed by atoms with van der Waals surface area (Å²) in [5.41, 5.74) is 5.41. The molecule has 20 heavy (non-hydrogen) atoms. The van der Waals surface area contributed by atoms with Crippen LogP contribution in [0.25, 0.3) is 0 Å². The first-order valence-electron chi connectivity index (χ1n) is 6.55. The molecule has 112 valence electrons. The molecule has 0 bridgehead atoms. The minimum Gasteiger partial charge on any atom is -0.379 e. The zero-order valence-corrected chi connectivity index (χ0v) is 11.8. The first-order valence-corrected chi connectivity index (χ1v) is 6.55. The topological polar surface area (TPSA) is 101 Å². The summed E-state index contributed by atoms with van der Waals surface area (Å²) in [5, 5.41) is 16.9. The van der Waals surface area contributed by atoms with Crippen molar-refractivity contribution in [1.82, 2.24) is 0 Å². The molecular weight excluding hydrogens is 258 g/mol. The second-order valence-electron chi connectivity index (χ2n) is 4.41. The van der Waals surface area contributed by atoms with Gasteiger partial charge in [-0.1, -0.05) is 6.08 Å². The maximum atomic E-state index is 8.45. The number of hydrogen-bond acceptors (Lipinski definition) is 6. The van der Waals surface area contributed by atoms with Crippen molar-refractivity contribution in [2.24, 2.45) is 5.73 Å². The lowest BCUT2D eigenvalue weighted by Crippen LogP contribution is -2.53. The summed E-state index contributed by atoms with van der Waals surface area (Å²) in [6.45, 7) is 5.60. The molecule has 0 aliphatic rings. The summed E-state index contributed by atoms with van der Waals surface area (Å²) >= 11 is 0. The molecule has 0 heterocycles. The van der Waals surface area contributed by atoms with E-state index in [1.54, 1.807) is 6.08 Å². The van der Waals surface area contributed by atoms with E-state index >= 15 is 0 Å². The lowest BCUT2D eigenvalue weighted by Gasteiger charge is -2.28. The third-order valence-electron chi connectivity index (χ3n) is 2.35. The molecule has 0 aromatic rings. The van der Waals surface area contributed by atoms with Crippen molar-refractivity contribution in [1.29, 1.82) is 10.5 Å². The van der Waals surface area contributed by atoms with E-state index in [0.29, 0.717) is 39.3 Å². The lowest BCUT2D eigenvalue weighted by atomic mass is 10.1. The first kappa shape index (κ1) is 18.6. The fourth-order valence-electron chi connectivity index (χ4n) is 1.35. The maximum absolute atomic E-state index is 8.45. The molecule has 0 aromatic heterocycles. The fourth-order valence-corrected chi connectivity index (χ4v) is 1.35. The Morgan fingerprint density at radius 3 is 1.80 bits per heavy atom. The highest BCUT2D eigenvalue weighted by Crippen LogP contribution is 2.06. The highest BCUT2D eigenvalue weighted by molar-refractivity contribution is 4.85. The molecule has 0 rings (SSSR count). The van der Waals surface area contributed by atoms with Gasteiger partial charge in [-0.05, 0) is 6.42 Å². The van der Waals surface area contributed by atoms with Gasteiger partial charge >= 0.3 is 0 Å². The van der Waals surface area contributed by atoms with Crippen molar-refractivity contribution in [3.05, 3.63) is 12.7 Å². The third kappa shape index (κ3) is 10.5. The molecule has 0 radical (unpaired) electrons. The molecule has 0 saturated heterocycles. The SMILES string of the molecule is C=CCCOCC(N)(COCCC#N)COCCC#N. The quantitative estimate of drug-likeness (QED) is 0.401. The molecule has 6 heteroatoms. The lowest BCUT2D eigenvalue weighted by molar-refractivity contribution is -0.0201. The molecule has 0 spiro atoms. The minimum atomic E-state index is -0.772. The van der Waals surface area contributed by atoms with Crippen LogP contribution in [0.1, 0.15) is 19.3 Å². The summed E-state index contributed by atoms with van der Waals surface area (Å²) in [4.78, 5) is 0. The van der Waals surface area contributed by atoms with Crippen LogP contribution in [0.15, 0.2) is 12.7 Å². The van der Waals surface area contributed by atoms with E-state index in [-0.39, 0.29) is 13.2 Å². The van der Waals surface area contributed by atoms with Gasteiger partial charge in [-0.25, -0.2) is 0 Å². The van der Waals surface area contributed by atoms with Crippen LogP contribution in [-0.4, -0.2) is 45.2 Å². The van der Waals surface area contributed by atoms with Crippen LogP contribution in [0, 0.1) is 22.7 Å². The third-order valence-corrected chi connectivity index (χ3v) is 2.35. The van der Waals surface area contributed by atoms with Crippen LogP contribution < -0.4 is 5.73 Å². The number of nitriles is 2. The van der Waals surface area contributed by atoms with Crippen LogP contribution in [0.5, 0.6) is 0 Å². The Morgan fingerprint density at radius 1 is 0.950 bits per heavy atom. The summed E-state index contributed by atoms with van der Waals surface area (Å²) in [5.74, 6) is 0. The van der Waals surface area contributed by atoms with Gasteiger partial charge in [0.1, 0.15) is 0 Å². The van der Waals surface area contributed by atoms with Crippen molar-refractivity contribution >= 4 is 0 Å². The summed E-state index contributed by atoms with van der Waals surface area (Å²) in [6.07, 6.45) is 3.16. The average Bonchev–Trinajstić information content (AvgIpc) is 2.45. The van der Waals surface area contributed by atoms with E-state index < -0.39 is 5.54 Å². The smallest absolute Gasteiger partial charge is 0.0865 e. The van der Waals surface area contributed by atoms with Crippen LogP contribution >= 0.6 is 0 Å².